The number of para-hydroxylation sites is 2. The monoisotopic (exact) mass is 296 g/mol. The molecule has 0 spiro atoms. The second-order valence-electron chi connectivity index (χ2n) is 4.60. The van der Waals surface area contributed by atoms with E-state index in [0.29, 0.717) is 11.4 Å². The van der Waals surface area contributed by atoms with Crippen LogP contribution in [-0.4, -0.2) is 54.2 Å². The molecule has 0 heterocycles. The number of hydrogen-bond acceptors (Lipinski definition) is 6. The van der Waals surface area contributed by atoms with Gasteiger partial charge in [0, 0.05) is 6.54 Å². The Bertz CT molecular complexity index is 479. The summed E-state index contributed by atoms with van der Waals surface area (Å²) >= 11 is 0. The Morgan fingerprint density at radius 3 is 2.29 bits per heavy atom. The second-order valence-corrected chi connectivity index (χ2v) is 4.60. The summed E-state index contributed by atoms with van der Waals surface area (Å²) in [5.41, 5.74) is 16.3. The Kier molecular flexibility index (Phi) is 6.44. The van der Waals surface area contributed by atoms with E-state index < -0.39 is 17.9 Å². The van der Waals surface area contributed by atoms with Gasteiger partial charge in [0.15, 0.2) is 0 Å². The van der Waals surface area contributed by atoms with E-state index in [4.69, 9.17) is 21.9 Å². The third-order valence-corrected chi connectivity index (χ3v) is 2.58. The summed E-state index contributed by atoms with van der Waals surface area (Å²) < 4.78 is 5.38. The van der Waals surface area contributed by atoms with Gasteiger partial charge in [-0.2, -0.15) is 0 Å². The minimum absolute atomic E-state index is 0.0264. The molecule has 1 aromatic rings. The Labute approximate surface area is 122 Å². The van der Waals surface area contributed by atoms with Gasteiger partial charge in [-0.05, 0) is 12.1 Å². The number of nitrogens with zero attached hydrogens (tertiary/aromatic N) is 1. The fraction of sp³-hybridized carbons (Fsp3) is 0.385. The van der Waals surface area contributed by atoms with Gasteiger partial charge in [0.1, 0.15) is 18.5 Å². The number of benzene rings is 1. The maximum atomic E-state index is 10.9. The van der Waals surface area contributed by atoms with E-state index in [9.17, 15) is 14.7 Å². The lowest BCUT2D eigenvalue weighted by atomic mass is 10.3. The molecule has 1 aromatic carbocycles. The molecule has 1 rings (SSSR count). The van der Waals surface area contributed by atoms with Crippen molar-refractivity contribution >= 4 is 17.5 Å². The number of nitrogens with two attached hydrogens (primary N) is 3. The predicted octanol–water partition coefficient (Wildman–Crippen LogP) is -1.72. The number of aliphatic hydroxyl groups is 1. The molecule has 7 N–H and O–H groups in total. The van der Waals surface area contributed by atoms with Gasteiger partial charge < -0.3 is 27.0 Å². The number of carbonyl (C=O) groups is 2. The van der Waals surface area contributed by atoms with Crippen LogP contribution in [0.1, 0.15) is 0 Å². The summed E-state index contributed by atoms with van der Waals surface area (Å²) in [7, 11) is 0. The van der Waals surface area contributed by atoms with Gasteiger partial charge in [-0.1, -0.05) is 12.1 Å². The van der Waals surface area contributed by atoms with E-state index in [1.807, 2.05) is 0 Å². The van der Waals surface area contributed by atoms with Crippen LogP contribution >= 0.6 is 0 Å². The molecule has 21 heavy (non-hydrogen) atoms. The first-order chi connectivity index (χ1) is 9.88. The molecular formula is C13H20N4O4. The molecule has 0 saturated heterocycles. The number of nitrogen functional groups attached to an aromatic ring is 1. The lowest BCUT2D eigenvalue weighted by Gasteiger charge is -2.22. The SMILES string of the molecule is NC(=O)CN(CC(N)=O)CC(O)COc1ccccc1N. The molecule has 0 bridgehead atoms. The first kappa shape index (κ1) is 16.7. The predicted molar refractivity (Wildman–Crippen MR) is 77.2 cm³/mol. The zero-order valence-electron chi connectivity index (χ0n) is 11.6. The number of amides is 2. The van der Waals surface area contributed by atoms with Crippen LogP contribution in [0.4, 0.5) is 5.69 Å². The van der Waals surface area contributed by atoms with Crippen LogP contribution in [-0.2, 0) is 9.59 Å². The van der Waals surface area contributed by atoms with Crippen molar-refractivity contribution in [3.63, 3.8) is 0 Å². The van der Waals surface area contributed by atoms with Crippen LogP contribution in [0.5, 0.6) is 5.75 Å². The first-order valence-electron chi connectivity index (χ1n) is 6.32. The Morgan fingerprint density at radius 2 is 1.76 bits per heavy atom. The van der Waals surface area contributed by atoms with Crippen LogP contribution < -0.4 is 21.9 Å². The molecule has 0 aliphatic rings. The van der Waals surface area contributed by atoms with Gasteiger partial charge in [-0.25, -0.2) is 0 Å². The van der Waals surface area contributed by atoms with Gasteiger partial charge in [-0.15, -0.1) is 0 Å². The number of ether oxygens (including phenoxy) is 1. The average Bonchev–Trinajstić information content (AvgIpc) is 2.36. The standard InChI is InChI=1S/C13H20N4O4/c14-10-3-1-2-4-11(10)21-8-9(18)5-17(6-12(15)19)7-13(16)20/h1-4,9,18H,5-8,14H2,(H2,15,19)(H2,16,20). The fourth-order valence-corrected chi connectivity index (χ4v) is 1.77. The van der Waals surface area contributed by atoms with E-state index in [1.54, 1.807) is 24.3 Å². The molecule has 0 aliphatic heterocycles. The molecule has 116 valence electrons. The van der Waals surface area contributed by atoms with E-state index in [2.05, 4.69) is 0 Å². The van der Waals surface area contributed by atoms with Crippen molar-refractivity contribution in [1.82, 2.24) is 4.90 Å². The lowest BCUT2D eigenvalue weighted by Crippen LogP contribution is -2.44. The molecule has 0 fully saturated rings. The van der Waals surface area contributed by atoms with Crippen LogP contribution in [0, 0.1) is 0 Å². The highest BCUT2D eigenvalue weighted by Gasteiger charge is 2.16. The minimum Gasteiger partial charge on any atom is -0.489 e. The van der Waals surface area contributed by atoms with Crippen molar-refractivity contribution in [1.29, 1.82) is 0 Å². The van der Waals surface area contributed by atoms with Crippen LogP contribution in [0.15, 0.2) is 24.3 Å². The Hall–Kier alpha value is -2.32. The normalized spacial score (nSPS) is 12.1. The molecule has 1 atom stereocenters. The van der Waals surface area contributed by atoms with Crippen molar-refractivity contribution in [2.24, 2.45) is 11.5 Å². The van der Waals surface area contributed by atoms with E-state index in [-0.39, 0.29) is 26.2 Å². The smallest absolute Gasteiger partial charge is 0.231 e. The third kappa shape index (κ3) is 6.59. The topological polar surface area (TPSA) is 145 Å². The van der Waals surface area contributed by atoms with Gasteiger partial charge in [0.25, 0.3) is 0 Å². The second kappa shape index (κ2) is 8.08. The summed E-state index contributed by atoms with van der Waals surface area (Å²) in [6.07, 6.45) is -0.927. The summed E-state index contributed by atoms with van der Waals surface area (Å²) in [6, 6.07) is 6.87. The summed E-state index contributed by atoms with van der Waals surface area (Å²) in [5.74, 6) is -0.777. The number of aliphatic hydroxyl groups excluding tert-OH is 1. The van der Waals surface area contributed by atoms with Crippen LogP contribution in [0.3, 0.4) is 0 Å². The summed E-state index contributed by atoms with van der Waals surface area (Å²) in [6.45, 7) is -0.359. The fourth-order valence-electron chi connectivity index (χ4n) is 1.77. The van der Waals surface area contributed by atoms with E-state index in [0.717, 1.165) is 0 Å². The van der Waals surface area contributed by atoms with Gasteiger partial charge >= 0.3 is 0 Å². The quantitative estimate of drug-likeness (QED) is 0.399. The molecule has 8 heteroatoms. The summed E-state index contributed by atoms with van der Waals surface area (Å²) in [5, 5.41) is 9.89. The molecule has 0 radical (unpaired) electrons. The van der Waals surface area contributed by atoms with E-state index >= 15 is 0 Å². The van der Waals surface area contributed by atoms with Gasteiger partial charge in [-0.3, -0.25) is 14.5 Å². The Balaban J connectivity index is 2.49. The lowest BCUT2D eigenvalue weighted by molar-refractivity contribution is -0.122. The zero-order valence-corrected chi connectivity index (χ0v) is 11.6. The molecule has 0 aliphatic carbocycles. The minimum atomic E-state index is -0.927. The van der Waals surface area contributed by atoms with Crippen LogP contribution in [0.2, 0.25) is 0 Å². The Morgan fingerprint density at radius 1 is 1.19 bits per heavy atom. The number of hydrogen-bond donors (Lipinski definition) is 4. The van der Waals surface area contributed by atoms with Crippen molar-refractivity contribution in [2.75, 3.05) is 32.0 Å². The molecule has 8 nitrogen and oxygen atoms in total. The number of carbonyl (C=O) groups excluding carboxylic acids is 2. The average molecular weight is 296 g/mol. The molecule has 0 saturated carbocycles. The first-order valence-corrected chi connectivity index (χ1v) is 6.32. The third-order valence-electron chi connectivity index (χ3n) is 2.58. The number of primary amides is 2. The van der Waals surface area contributed by atoms with Crippen molar-refractivity contribution in [3.8, 4) is 5.75 Å². The van der Waals surface area contributed by atoms with Crippen molar-refractivity contribution < 1.29 is 19.4 Å². The molecule has 1 unspecified atom stereocenters. The number of rotatable bonds is 9. The summed E-state index contributed by atoms with van der Waals surface area (Å²) in [4.78, 5) is 23.1. The van der Waals surface area contributed by atoms with Gasteiger partial charge in [0.05, 0.1) is 18.8 Å². The van der Waals surface area contributed by atoms with Crippen LogP contribution in [0.25, 0.3) is 0 Å². The van der Waals surface area contributed by atoms with E-state index in [1.165, 1.54) is 4.90 Å². The molecule has 0 aromatic heterocycles. The highest BCUT2D eigenvalue weighted by atomic mass is 16.5. The molecule has 2 amide bonds. The zero-order chi connectivity index (χ0) is 15.8. The number of anilines is 1. The highest BCUT2D eigenvalue weighted by Crippen LogP contribution is 2.19. The largest absolute Gasteiger partial charge is 0.489 e. The van der Waals surface area contributed by atoms with Crippen molar-refractivity contribution in [2.45, 2.75) is 6.10 Å². The van der Waals surface area contributed by atoms with Crippen molar-refractivity contribution in [3.05, 3.63) is 24.3 Å². The van der Waals surface area contributed by atoms with Gasteiger partial charge in [0.2, 0.25) is 11.8 Å². The highest BCUT2D eigenvalue weighted by molar-refractivity contribution is 5.79. The molecular weight excluding hydrogens is 276 g/mol. The maximum absolute atomic E-state index is 10.9. The maximum Gasteiger partial charge on any atom is 0.231 e.